The number of ether oxygens (including phenoxy) is 1. The Labute approximate surface area is 181 Å². The molecule has 3 aromatic rings. The number of nitrogens with zero attached hydrogens (tertiary/aromatic N) is 1. The number of aromatic nitrogens is 1. The summed E-state index contributed by atoms with van der Waals surface area (Å²) >= 11 is 0. The minimum atomic E-state index is -0.202. The summed E-state index contributed by atoms with van der Waals surface area (Å²) in [6.07, 6.45) is 7.07. The van der Waals surface area contributed by atoms with Gasteiger partial charge in [-0.3, -0.25) is 4.79 Å². The maximum Gasteiger partial charge on any atom is 0.318 e. The van der Waals surface area contributed by atoms with Gasteiger partial charge in [0.1, 0.15) is 11.5 Å². The molecule has 0 spiro atoms. The van der Waals surface area contributed by atoms with E-state index < -0.39 is 0 Å². The van der Waals surface area contributed by atoms with E-state index in [9.17, 15) is 9.59 Å². The molecule has 2 N–H and O–H groups in total. The summed E-state index contributed by atoms with van der Waals surface area (Å²) in [5, 5.41) is 4.01. The molecule has 7 nitrogen and oxygen atoms in total. The van der Waals surface area contributed by atoms with Gasteiger partial charge in [-0.1, -0.05) is 19.3 Å². The summed E-state index contributed by atoms with van der Waals surface area (Å²) in [6.45, 7) is 2.98. The Morgan fingerprint density at radius 2 is 2.03 bits per heavy atom. The van der Waals surface area contributed by atoms with E-state index in [0.29, 0.717) is 24.5 Å². The number of carbonyl (C=O) groups is 1. The third-order valence-electron chi connectivity index (χ3n) is 5.71. The van der Waals surface area contributed by atoms with Gasteiger partial charge in [0.2, 0.25) is 0 Å². The van der Waals surface area contributed by atoms with E-state index in [1.165, 1.54) is 6.42 Å². The van der Waals surface area contributed by atoms with E-state index in [4.69, 9.17) is 9.15 Å². The number of furan rings is 1. The molecule has 1 fully saturated rings. The smallest absolute Gasteiger partial charge is 0.318 e. The lowest BCUT2D eigenvalue weighted by Gasteiger charge is -2.28. The van der Waals surface area contributed by atoms with Crippen molar-refractivity contribution in [3.05, 3.63) is 64.3 Å². The van der Waals surface area contributed by atoms with Crippen molar-refractivity contribution in [2.24, 2.45) is 0 Å². The molecule has 2 amide bonds. The fourth-order valence-electron chi connectivity index (χ4n) is 4.11. The lowest BCUT2D eigenvalue weighted by atomic mass is 9.96. The van der Waals surface area contributed by atoms with Crippen LogP contribution in [0.3, 0.4) is 0 Å². The number of nitrogens with one attached hydrogen (secondary N) is 2. The Morgan fingerprint density at radius 3 is 2.77 bits per heavy atom. The molecule has 2 heterocycles. The molecule has 0 bridgehead atoms. The Balaban J connectivity index is 1.58. The van der Waals surface area contributed by atoms with Crippen LogP contribution in [-0.4, -0.2) is 28.6 Å². The van der Waals surface area contributed by atoms with E-state index in [1.807, 2.05) is 37.3 Å². The van der Waals surface area contributed by atoms with Gasteiger partial charge in [-0.25, -0.2) is 4.79 Å². The van der Waals surface area contributed by atoms with Gasteiger partial charge in [0.05, 0.1) is 26.0 Å². The Morgan fingerprint density at radius 1 is 1.19 bits per heavy atom. The summed E-state index contributed by atoms with van der Waals surface area (Å²) < 4.78 is 11.0. The van der Waals surface area contributed by atoms with Crippen molar-refractivity contribution in [1.29, 1.82) is 0 Å². The number of pyridine rings is 1. The topological polar surface area (TPSA) is 87.6 Å². The molecule has 7 heteroatoms. The first kappa shape index (κ1) is 21.0. The van der Waals surface area contributed by atoms with Crippen LogP contribution in [-0.2, 0) is 13.1 Å². The zero-order valence-electron chi connectivity index (χ0n) is 17.9. The van der Waals surface area contributed by atoms with Crippen LogP contribution >= 0.6 is 0 Å². The van der Waals surface area contributed by atoms with E-state index >= 15 is 0 Å². The summed E-state index contributed by atoms with van der Waals surface area (Å²) in [4.78, 5) is 30.4. The van der Waals surface area contributed by atoms with Gasteiger partial charge in [0, 0.05) is 22.5 Å². The Kier molecular flexibility index (Phi) is 6.60. The standard InChI is InChI=1S/C24H29N3O4/c1-2-30-20-10-11-22-17(14-20)13-18(23(28)26-22)15-27(16-21-9-6-12-31-21)24(29)25-19-7-4-3-5-8-19/h6,9-14,19H,2-5,7-8,15-16H2,1H3,(H,25,29)(H,26,28). The number of H-pyrrole nitrogens is 1. The van der Waals surface area contributed by atoms with Crippen molar-refractivity contribution in [2.75, 3.05) is 6.61 Å². The monoisotopic (exact) mass is 423 g/mol. The number of rotatable bonds is 7. The number of amides is 2. The molecule has 0 aliphatic heterocycles. The van der Waals surface area contributed by atoms with Gasteiger partial charge in [-0.15, -0.1) is 0 Å². The molecule has 0 atom stereocenters. The number of benzene rings is 1. The van der Waals surface area contributed by atoms with Crippen molar-refractivity contribution >= 4 is 16.9 Å². The second-order valence-electron chi connectivity index (χ2n) is 8.03. The number of urea groups is 1. The van der Waals surface area contributed by atoms with Gasteiger partial charge >= 0.3 is 6.03 Å². The summed E-state index contributed by atoms with van der Waals surface area (Å²) in [6, 6.07) is 11.0. The highest BCUT2D eigenvalue weighted by molar-refractivity contribution is 5.81. The van der Waals surface area contributed by atoms with Crippen LogP contribution in [0.2, 0.25) is 0 Å². The van der Waals surface area contributed by atoms with E-state index in [1.54, 1.807) is 17.2 Å². The van der Waals surface area contributed by atoms with E-state index in [0.717, 1.165) is 42.3 Å². The van der Waals surface area contributed by atoms with Gasteiger partial charge in [0.15, 0.2) is 0 Å². The molecule has 31 heavy (non-hydrogen) atoms. The molecule has 1 saturated carbocycles. The van der Waals surface area contributed by atoms with Crippen molar-refractivity contribution in [1.82, 2.24) is 15.2 Å². The van der Waals surface area contributed by atoms with Crippen LogP contribution in [0.25, 0.3) is 10.9 Å². The fourth-order valence-corrected chi connectivity index (χ4v) is 4.11. The number of fused-ring (bicyclic) bond motifs is 1. The quantitative estimate of drug-likeness (QED) is 0.583. The van der Waals surface area contributed by atoms with Gasteiger partial charge in [-0.05, 0) is 56.2 Å². The predicted octanol–water partition coefficient (Wildman–Crippen LogP) is 4.56. The second kappa shape index (κ2) is 9.73. The number of carbonyl (C=O) groups excluding carboxylic acids is 1. The first-order chi connectivity index (χ1) is 15.1. The van der Waals surface area contributed by atoms with Crippen LogP contribution in [0.1, 0.15) is 50.4 Å². The number of hydrogen-bond donors (Lipinski definition) is 2. The van der Waals surface area contributed by atoms with Gasteiger partial charge in [0.25, 0.3) is 5.56 Å². The predicted molar refractivity (Wildman–Crippen MR) is 119 cm³/mol. The van der Waals surface area contributed by atoms with Crippen LogP contribution in [0.5, 0.6) is 5.75 Å². The molecule has 4 rings (SSSR count). The molecule has 1 aliphatic carbocycles. The number of aromatic amines is 1. The molecule has 0 saturated heterocycles. The average Bonchev–Trinajstić information content (AvgIpc) is 3.28. The average molecular weight is 424 g/mol. The maximum absolute atomic E-state index is 13.1. The molecule has 0 radical (unpaired) electrons. The Bertz CT molecular complexity index is 1070. The molecule has 2 aromatic heterocycles. The summed E-state index contributed by atoms with van der Waals surface area (Å²) in [7, 11) is 0. The van der Waals surface area contributed by atoms with Crippen LogP contribution in [0.4, 0.5) is 4.79 Å². The second-order valence-corrected chi connectivity index (χ2v) is 8.03. The lowest BCUT2D eigenvalue weighted by Crippen LogP contribution is -2.45. The van der Waals surface area contributed by atoms with E-state index in [2.05, 4.69) is 10.3 Å². The molecule has 1 aromatic carbocycles. The van der Waals surface area contributed by atoms with Crippen LogP contribution in [0, 0.1) is 0 Å². The molecule has 164 valence electrons. The molecular weight excluding hydrogens is 394 g/mol. The van der Waals surface area contributed by atoms with Crippen molar-refractivity contribution in [3.63, 3.8) is 0 Å². The largest absolute Gasteiger partial charge is 0.494 e. The number of hydrogen-bond acceptors (Lipinski definition) is 4. The van der Waals surface area contributed by atoms with Crippen molar-refractivity contribution in [2.45, 2.75) is 58.2 Å². The highest BCUT2D eigenvalue weighted by Gasteiger charge is 2.22. The zero-order valence-corrected chi connectivity index (χ0v) is 17.9. The van der Waals surface area contributed by atoms with Crippen molar-refractivity contribution in [3.8, 4) is 5.75 Å². The molecule has 1 aliphatic rings. The first-order valence-corrected chi connectivity index (χ1v) is 11.0. The first-order valence-electron chi connectivity index (χ1n) is 11.0. The summed E-state index contributed by atoms with van der Waals surface area (Å²) in [5.41, 5.74) is 1.06. The third-order valence-corrected chi connectivity index (χ3v) is 5.71. The highest BCUT2D eigenvalue weighted by Crippen LogP contribution is 2.21. The van der Waals surface area contributed by atoms with Gasteiger partial charge in [-0.2, -0.15) is 0 Å². The highest BCUT2D eigenvalue weighted by atomic mass is 16.5. The fraction of sp³-hybridized carbons (Fsp3) is 0.417. The van der Waals surface area contributed by atoms with Crippen LogP contribution in [0.15, 0.2) is 51.9 Å². The van der Waals surface area contributed by atoms with E-state index in [-0.39, 0.29) is 24.2 Å². The Hall–Kier alpha value is -3.22. The SMILES string of the molecule is CCOc1ccc2[nH]c(=O)c(CN(Cc3ccco3)C(=O)NC3CCCCC3)cc2c1. The minimum absolute atomic E-state index is 0.175. The molecular formula is C24H29N3O4. The van der Waals surface area contributed by atoms with Gasteiger partial charge < -0.3 is 24.4 Å². The van der Waals surface area contributed by atoms with Crippen LogP contribution < -0.4 is 15.6 Å². The lowest BCUT2D eigenvalue weighted by molar-refractivity contribution is 0.179. The third kappa shape index (κ3) is 5.29. The minimum Gasteiger partial charge on any atom is -0.494 e. The molecule has 0 unspecified atom stereocenters. The normalized spacial score (nSPS) is 14.5. The maximum atomic E-state index is 13.1. The zero-order chi connectivity index (χ0) is 21.6. The summed E-state index contributed by atoms with van der Waals surface area (Å²) in [5.74, 6) is 1.42. The van der Waals surface area contributed by atoms with Crippen molar-refractivity contribution < 1.29 is 13.9 Å².